The van der Waals surface area contributed by atoms with Crippen LogP contribution in [0, 0.1) is 0 Å². The SMILES string of the molecule is COC(=O)c1ccc(S(=O)(=O)n2ccn(-c3cccc(C(F)(F)F)c3)c2=O)n1C. The monoisotopic (exact) mass is 429 g/mol. The van der Waals surface area contributed by atoms with E-state index in [4.69, 9.17) is 0 Å². The van der Waals surface area contributed by atoms with Gasteiger partial charge in [-0.25, -0.2) is 9.59 Å². The summed E-state index contributed by atoms with van der Waals surface area (Å²) < 4.78 is 71.2. The fourth-order valence-corrected chi connectivity index (χ4v) is 4.13. The van der Waals surface area contributed by atoms with Crippen LogP contribution in [-0.2, 0) is 28.0 Å². The van der Waals surface area contributed by atoms with E-state index in [0.717, 1.165) is 52.9 Å². The summed E-state index contributed by atoms with van der Waals surface area (Å²) in [6.45, 7) is 0. The first kappa shape index (κ1) is 20.5. The lowest BCUT2D eigenvalue weighted by molar-refractivity contribution is -0.137. The van der Waals surface area contributed by atoms with Crippen molar-refractivity contribution in [2.75, 3.05) is 7.11 Å². The summed E-state index contributed by atoms with van der Waals surface area (Å²) in [7, 11) is -2.00. The van der Waals surface area contributed by atoms with Gasteiger partial charge in [-0.2, -0.15) is 25.6 Å². The van der Waals surface area contributed by atoms with Gasteiger partial charge >= 0.3 is 17.8 Å². The third kappa shape index (κ3) is 3.46. The van der Waals surface area contributed by atoms with Crippen LogP contribution >= 0.6 is 0 Å². The van der Waals surface area contributed by atoms with E-state index in [1.54, 1.807) is 0 Å². The number of rotatable bonds is 4. The van der Waals surface area contributed by atoms with Crippen LogP contribution in [0.25, 0.3) is 5.69 Å². The van der Waals surface area contributed by atoms with Crippen molar-refractivity contribution in [1.82, 2.24) is 13.1 Å². The normalized spacial score (nSPS) is 12.2. The first-order valence-electron chi connectivity index (χ1n) is 7.95. The molecule has 0 atom stereocenters. The zero-order valence-electron chi connectivity index (χ0n) is 15.0. The number of imidazole rings is 1. The third-order valence-corrected chi connectivity index (χ3v) is 5.93. The van der Waals surface area contributed by atoms with Crippen molar-refractivity contribution in [3.05, 3.63) is 70.5 Å². The highest BCUT2D eigenvalue weighted by Crippen LogP contribution is 2.30. The summed E-state index contributed by atoms with van der Waals surface area (Å²) in [6, 6.07) is 6.25. The summed E-state index contributed by atoms with van der Waals surface area (Å²) in [5.74, 6) is -0.775. The molecule has 3 rings (SSSR count). The van der Waals surface area contributed by atoms with Gasteiger partial charge in [0.25, 0.3) is 10.0 Å². The molecule has 12 heteroatoms. The maximum absolute atomic E-state index is 12.9. The van der Waals surface area contributed by atoms with Crippen molar-refractivity contribution < 1.29 is 31.1 Å². The molecule has 0 spiro atoms. The Morgan fingerprint density at radius 1 is 1.10 bits per heavy atom. The third-order valence-electron chi connectivity index (χ3n) is 4.19. The Balaban J connectivity index is 2.10. The molecule has 8 nitrogen and oxygen atoms in total. The first-order valence-corrected chi connectivity index (χ1v) is 9.39. The lowest BCUT2D eigenvalue weighted by atomic mass is 10.2. The van der Waals surface area contributed by atoms with E-state index in [2.05, 4.69) is 4.74 Å². The minimum atomic E-state index is -4.62. The van der Waals surface area contributed by atoms with E-state index in [0.29, 0.717) is 3.97 Å². The maximum Gasteiger partial charge on any atom is 0.416 e. The summed E-state index contributed by atoms with van der Waals surface area (Å²) in [5, 5.41) is -0.373. The van der Waals surface area contributed by atoms with Gasteiger partial charge in [0, 0.05) is 19.4 Å². The maximum atomic E-state index is 12.9. The van der Waals surface area contributed by atoms with Gasteiger partial charge in [0.15, 0.2) is 5.03 Å². The Hall–Kier alpha value is -3.28. The van der Waals surface area contributed by atoms with Crippen LogP contribution in [0.3, 0.4) is 0 Å². The molecule has 0 radical (unpaired) electrons. The summed E-state index contributed by atoms with van der Waals surface area (Å²) in [4.78, 5) is 24.3. The Bertz CT molecular complexity index is 1250. The van der Waals surface area contributed by atoms with Gasteiger partial charge in [-0.15, -0.1) is 0 Å². The average molecular weight is 429 g/mol. The highest BCUT2D eigenvalue weighted by atomic mass is 32.2. The molecule has 154 valence electrons. The Morgan fingerprint density at radius 2 is 1.79 bits per heavy atom. The number of ether oxygens (including phenoxy) is 1. The van der Waals surface area contributed by atoms with E-state index in [1.165, 1.54) is 19.2 Å². The standard InChI is InChI=1S/C17H14F3N3O5S/c1-21-13(15(24)28-2)6-7-14(21)29(26,27)23-9-8-22(16(23)25)12-5-3-4-11(10-12)17(18,19)20/h3-10H,1-2H3. The molecule has 0 unspecified atom stereocenters. The van der Waals surface area contributed by atoms with E-state index >= 15 is 0 Å². The molecule has 0 saturated heterocycles. The predicted octanol–water partition coefficient (Wildman–Crippen LogP) is 2.02. The Labute approximate surface area is 162 Å². The number of halogens is 3. The van der Waals surface area contributed by atoms with Crippen molar-refractivity contribution in [2.24, 2.45) is 7.05 Å². The van der Waals surface area contributed by atoms with E-state index in [9.17, 15) is 31.2 Å². The smallest absolute Gasteiger partial charge is 0.416 e. The molecule has 2 aromatic heterocycles. The Morgan fingerprint density at radius 3 is 2.41 bits per heavy atom. The van der Waals surface area contributed by atoms with Crippen molar-refractivity contribution in [3.63, 3.8) is 0 Å². The highest BCUT2D eigenvalue weighted by Gasteiger charge is 2.31. The average Bonchev–Trinajstić information content (AvgIpc) is 3.24. The zero-order chi connectivity index (χ0) is 21.6. The van der Waals surface area contributed by atoms with Gasteiger partial charge in [0.1, 0.15) is 5.69 Å². The lowest BCUT2D eigenvalue weighted by Gasteiger charge is -2.09. The van der Waals surface area contributed by atoms with E-state index in [-0.39, 0.29) is 16.4 Å². The molecular formula is C17H14F3N3O5S. The summed E-state index contributed by atoms with van der Waals surface area (Å²) >= 11 is 0. The first-order chi connectivity index (χ1) is 13.5. The predicted molar refractivity (Wildman–Crippen MR) is 94.4 cm³/mol. The highest BCUT2D eigenvalue weighted by molar-refractivity contribution is 7.89. The number of nitrogens with zero attached hydrogens (tertiary/aromatic N) is 3. The second-order valence-electron chi connectivity index (χ2n) is 5.91. The van der Waals surface area contributed by atoms with Gasteiger partial charge in [-0.05, 0) is 30.3 Å². The van der Waals surface area contributed by atoms with Crippen LogP contribution in [0.5, 0.6) is 0 Å². The van der Waals surface area contributed by atoms with Crippen LogP contribution in [0.2, 0.25) is 0 Å². The molecule has 29 heavy (non-hydrogen) atoms. The molecule has 0 N–H and O–H groups in total. The molecule has 1 aromatic carbocycles. The number of hydrogen-bond donors (Lipinski definition) is 0. The minimum Gasteiger partial charge on any atom is -0.464 e. The number of carbonyl (C=O) groups excluding carboxylic acids is 1. The van der Waals surface area contributed by atoms with Crippen molar-refractivity contribution in [2.45, 2.75) is 11.2 Å². The van der Waals surface area contributed by atoms with Crippen LogP contribution in [0.15, 0.2) is 58.6 Å². The van der Waals surface area contributed by atoms with E-state index in [1.807, 2.05) is 0 Å². The van der Waals surface area contributed by atoms with Crippen LogP contribution in [-0.4, -0.2) is 34.6 Å². The van der Waals surface area contributed by atoms with Crippen LogP contribution in [0.1, 0.15) is 16.1 Å². The van der Waals surface area contributed by atoms with Crippen LogP contribution < -0.4 is 5.69 Å². The number of methoxy groups -OCH3 is 1. The van der Waals surface area contributed by atoms with Crippen molar-refractivity contribution >= 4 is 16.0 Å². The molecule has 0 aliphatic carbocycles. The number of benzene rings is 1. The summed E-state index contributed by atoms with van der Waals surface area (Å²) in [5.41, 5.74) is -2.29. The fraction of sp³-hybridized carbons (Fsp3) is 0.176. The molecule has 0 amide bonds. The van der Waals surface area contributed by atoms with Gasteiger partial charge in [-0.1, -0.05) is 6.07 Å². The second kappa shape index (κ2) is 6.95. The molecule has 0 bridgehead atoms. The molecular weight excluding hydrogens is 415 g/mol. The molecule has 0 saturated carbocycles. The number of alkyl halides is 3. The minimum absolute atomic E-state index is 0.0589. The molecule has 3 aromatic rings. The molecule has 0 aliphatic heterocycles. The fourth-order valence-electron chi connectivity index (χ4n) is 2.73. The quantitative estimate of drug-likeness (QED) is 0.592. The van der Waals surface area contributed by atoms with Gasteiger partial charge in [0.05, 0.1) is 18.4 Å². The molecule has 0 aliphatic rings. The van der Waals surface area contributed by atoms with Gasteiger partial charge < -0.3 is 9.30 Å². The molecule has 0 fully saturated rings. The zero-order valence-corrected chi connectivity index (χ0v) is 15.9. The van der Waals surface area contributed by atoms with Gasteiger partial charge in [0.2, 0.25) is 0 Å². The number of carbonyl (C=O) groups is 1. The van der Waals surface area contributed by atoms with Crippen LogP contribution in [0.4, 0.5) is 13.2 Å². The lowest BCUT2D eigenvalue weighted by Crippen LogP contribution is -2.30. The Kier molecular flexibility index (Phi) is 4.91. The van der Waals surface area contributed by atoms with Crippen molar-refractivity contribution in [3.8, 4) is 5.69 Å². The number of aromatic nitrogens is 3. The van der Waals surface area contributed by atoms with Gasteiger partial charge in [-0.3, -0.25) is 4.57 Å². The van der Waals surface area contributed by atoms with Crippen molar-refractivity contribution in [1.29, 1.82) is 0 Å². The molecule has 2 heterocycles. The number of hydrogen-bond acceptors (Lipinski definition) is 5. The van der Waals surface area contributed by atoms with E-state index < -0.39 is 33.4 Å². The second-order valence-corrected chi connectivity index (χ2v) is 7.67. The topological polar surface area (TPSA) is 92.3 Å². The summed E-state index contributed by atoms with van der Waals surface area (Å²) in [6.07, 6.45) is -2.66. The largest absolute Gasteiger partial charge is 0.464 e. The number of esters is 1.